The molecule has 3 aliphatic rings. The van der Waals surface area contributed by atoms with Crippen molar-refractivity contribution in [3.63, 3.8) is 0 Å². The van der Waals surface area contributed by atoms with Crippen molar-refractivity contribution in [3.8, 4) is 0 Å². The molecule has 28 heavy (non-hydrogen) atoms. The fourth-order valence-corrected chi connectivity index (χ4v) is 5.05. The van der Waals surface area contributed by atoms with E-state index in [2.05, 4.69) is 38.9 Å². The summed E-state index contributed by atoms with van der Waals surface area (Å²) in [5, 5.41) is 8.54. The topological polar surface area (TPSA) is 80.3 Å². The standard InChI is InChI=1S/C20H28N6O2/c1-4-26-13(2)16(7-21-26)8-24-9-17-10-25(18(27)15-5-6-15)12-20(17,11-24)19-22-14(3)23-28-19/h7,15,17H,4-6,8-12H2,1-3H3/t17-,20-/m0/s1. The molecule has 1 saturated carbocycles. The lowest BCUT2D eigenvalue weighted by Crippen LogP contribution is -2.40. The second kappa shape index (κ2) is 6.40. The Hall–Kier alpha value is -2.22. The third-order valence-corrected chi connectivity index (χ3v) is 6.77. The Labute approximate surface area is 164 Å². The number of amides is 1. The number of fused-ring (bicyclic) bond motifs is 1. The molecule has 2 aromatic heterocycles. The summed E-state index contributed by atoms with van der Waals surface area (Å²) in [6.45, 7) is 11.1. The molecule has 5 rings (SSSR count). The monoisotopic (exact) mass is 384 g/mol. The molecule has 0 radical (unpaired) electrons. The molecule has 8 heteroatoms. The van der Waals surface area contributed by atoms with Crippen LogP contribution in [0.15, 0.2) is 10.7 Å². The molecule has 3 fully saturated rings. The van der Waals surface area contributed by atoms with Crippen LogP contribution in [-0.4, -0.2) is 61.8 Å². The first-order chi connectivity index (χ1) is 13.5. The van der Waals surface area contributed by atoms with E-state index >= 15 is 0 Å². The highest BCUT2D eigenvalue weighted by Crippen LogP contribution is 2.46. The number of aromatic nitrogens is 4. The Bertz CT molecular complexity index is 900. The molecule has 2 atom stereocenters. The fourth-order valence-electron chi connectivity index (χ4n) is 5.05. The molecule has 0 spiro atoms. The molecule has 2 aliphatic heterocycles. The van der Waals surface area contributed by atoms with Gasteiger partial charge in [0.25, 0.3) is 0 Å². The molecule has 1 aliphatic carbocycles. The smallest absolute Gasteiger partial charge is 0.236 e. The molecule has 8 nitrogen and oxygen atoms in total. The van der Waals surface area contributed by atoms with Gasteiger partial charge >= 0.3 is 0 Å². The van der Waals surface area contributed by atoms with E-state index in [0.717, 1.165) is 45.6 Å². The highest BCUT2D eigenvalue weighted by Gasteiger charge is 2.58. The van der Waals surface area contributed by atoms with Gasteiger partial charge in [-0.15, -0.1) is 0 Å². The van der Waals surface area contributed by atoms with E-state index < -0.39 is 0 Å². The van der Waals surface area contributed by atoms with E-state index in [4.69, 9.17) is 4.52 Å². The van der Waals surface area contributed by atoms with Gasteiger partial charge in [0.15, 0.2) is 5.82 Å². The zero-order valence-electron chi connectivity index (χ0n) is 16.9. The summed E-state index contributed by atoms with van der Waals surface area (Å²) in [5.41, 5.74) is 2.25. The van der Waals surface area contributed by atoms with Crippen molar-refractivity contribution in [1.29, 1.82) is 0 Å². The number of carbonyl (C=O) groups excluding carboxylic acids is 1. The van der Waals surface area contributed by atoms with Crippen molar-refractivity contribution in [1.82, 2.24) is 29.7 Å². The second-order valence-electron chi connectivity index (χ2n) is 8.73. The summed E-state index contributed by atoms with van der Waals surface area (Å²) >= 11 is 0. The highest BCUT2D eigenvalue weighted by molar-refractivity contribution is 5.81. The molecular weight excluding hydrogens is 356 g/mol. The Morgan fingerprint density at radius 3 is 2.75 bits per heavy atom. The molecule has 0 unspecified atom stereocenters. The van der Waals surface area contributed by atoms with Crippen molar-refractivity contribution in [2.45, 2.75) is 52.1 Å². The zero-order valence-corrected chi connectivity index (χ0v) is 16.9. The Morgan fingerprint density at radius 1 is 1.29 bits per heavy atom. The van der Waals surface area contributed by atoms with Crippen LogP contribution in [-0.2, 0) is 23.3 Å². The van der Waals surface area contributed by atoms with Crippen LogP contribution >= 0.6 is 0 Å². The summed E-state index contributed by atoms with van der Waals surface area (Å²) in [4.78, 5) is 21.8. The van der Waals surface area contributed by atoms with E-state index in [1.165, 1.54) is 11.3 Å². The van der Waals surface area contributed by atoms with Gasteiger partial charge in [0.1, 0.15) is 0 Å². The molecule has 2 saturated heterocycles. The van der Waals surface area contributed by atoms with Crippen LogP contribution in [0.5, 0.6) is 0 Å². The molecule has 0 bridgehead atoms. The lowest BCUT2D eigenvalue weighted by atomic mass is 9.81. The fraction of sp³-hybridized carbons (Fsp3) is 0.700. The molecular formula is C20H28N6O2. The minimum absolute atomic E-state index is 0.249. The van der Waals surface area contributed by atoms with Gasteiger partial charge in [-0.3, -0.25) is 14.4 Å². The van der Waals surface area contributed by atoms with Crippen LogP contribution in [0, 0.1) is 25.7 Å². The summed E-state index contributed by atoms with van der Waals surface area (Å²) in [5.74, 6) is 2.25. The Balaban J connectivity index is 1.40. The zero-order chi connectivity index (χ0) is 19.5. The number of hydrogen-bond donors (Lipinski definition) is 0. The van der Waals surface area contributed by atoms with Gasteiger partial charge in [-0.25, -0.2) is 0 Å². The normalized spacial score (nSPS) is 27.5. The maximum absolute atomic E-state index is 12.7. The lowest BCUT2D eigenvalue weighted by Gasteiger charge is -2.26. The van der Waals surface area contributed by atoms with Crippen molar-refractivity contribution in [2.75, 3.05) is 26.2 Å². The van der Waals surface area contributed by atoms with E-state index in [0.29, 0.717) is 30.1 Å². The Kier molecular flexibility index (Phi) is 4.08. The third-order valence-electron chi connectivity index (χ3n) is 6.77. The van der Waals surface area contributed by atoms with Gasteiger partial charge in [-0.05, 0) is 33.6 Å². The highest BCUT2D eigenvalue weighted by atomic mass is 16.5. The predicted octanol–water partition coefficient (Wildman–Crippen LogP) is 1.52. The van der Waals surface area contributed by atoms with Crippen molar-refractivity contribution < 1.29 is 9.32 Å². The number of aryl methyl sites for hydroxylation is 2. The SMILES string of the molecule is CCn1ncc(CN2C[C@H]3CN(C(=O)C4CC4)C[C@@]3(c3nc(C)no3)C2)c1C. The van der Waals surface area contributed by atoms with Gasteiger partial charge in [0.2, 0.25) is 11.8 Å². The van der Waals surface area contributed by atoms with Crippen LogP contribution in [0.25, 0.3) is 0 Å². The molecule has 0 N–H and O–H groups in total. The summed E-state index contributed by atoms with van der Waals surface area (Å²) in [7, 11) is 0. The van der Waals surface area contributed by atoms with Gasteiger partial charge in [0, 0.05) is 62.4 Å². The van der Waals surface area contributed by atoms with Crippen LogP contribution < -0.4 is 0 Å². The first-order valence-electron chi connectivity index (χ1n) is 10.3. The number of rotatable bonds is 5. The van der Waals surface area contributed by atoms with E-state index in [1.807, 2.05) is 17.8 Å². The average molecular weight is 384 g/mol. The van der Waals surface area contributed by atoms with Gasteiger partial charge in [-0.2, -0.15) is 10.1 Å². The molecule has 4 heterocycles. The van der Waals surface area contributed by atoms with E-state index in [1.54, 1.807) is 0 Å². The first-order valence-corrected chi connectivity index (χ1v) is 10.3. The van der Waals surface area contributed by atoms with Crippen LogP contribution in [0.4, 0.5) is 0 Å². The van der Waals surface area contributed by atoms with Crippen LogP contribution in [0.3, 0.4) is 0 Å². The maximum Gasteiger partial charge on any atom is 0.236 e. The Morgan fingerprint density at radius 2 is 2.11 bits per heavy atom. The minimum Gasteiger partial charge on any atom is -0.341 e. The number of likely N-dealkylation sites (tertiary alicyclic amines) is 2. The molecule has 150 valence electrons. The molecule has 2 aromatic rings. The van der Waals surface area contributed by atoms with Crippen LogP contribution in [0.1, 0.15) is 42.7 Å². The van der Waals surface area contributed by atoms with Gasteiger partial charge in [-0.1, -0.05) is 5.16 Å². The number of hydrogen-bond acceptors (Lipinski definition) is 6. The van der Waals surface area contributed by atoms with Crippen LogP contribution in [0.2, 0.25) is 0 Å². The van der Waals surface area contributed by atoms with Gasteiger partial charge in [0.05, 0.1) is 11.6 Å². The minimum atomic E-state index is -0.250. The van der Waals surface area contributed by atoms with Crippen molar-refractivity contribution in [2.24, 2.45) is 11.8 Å². The largest absolute Gasteiger partial charge is 0.341 e. The lowest BCUT2D eigenvalue weighted by molar-refractivity contribution is -0.132. The molecule has 1 amide bonds. The second-order valence-corrected chi connectivity index (χ2v) is 8.73. The molecule has 0 aromatic carbocycles. The average Bonchev–Trinajstić information content (AvgIpc) is 2.98. The predicted molar refractivity (Wildman–Crippen MR) is 101 cm³/mol. The van der Waals surface area contributed by atoms with E-state index in [-0.39, 0.29) is 11.3 Å². The quantitative estimate of drug-likeness (QED) is 0.778. The van der Waals surface area contributed by atoms with E-state index in [9.17, 15) is 4.79 Å². The maximum atomic E-state index is 12.7. The van der Waals surface area contributed by atoms with Crippen molar-refractivity contribution >= 4 is 5.91 Å². The van der Waals surface area contributed by atoms with Gasteiger partial charge < -0.3 is 9.42 Å². The first kappa shape index (κ1) is 17.8. The summed E-state index contributed by atoms with van der Waals surface area (Å²) in [6.07, 6.45) is 4.07. The number of carbonyl (C=O) groups is 1. The third kappa shape index (κ3) is 2.77. The summed E-state index contributed by atoms with van der Waals surface area (Å²) < 4.78 is 7.70. The summed E-state index contributed by atoms with van der Waals surface area (Å²) in [6, 6.07) is 0. The van der Waals surface area contributed by atoms with Crippen molar-refractivity contribution in [3.05, 3.63) is 29.2 Å². The number of nitrogens with zero attached hydrogens (tertiary/aromatic N) is 6.